The highest BCUT2D eigenvalue weighted by atomic mass is 32.1. The van der Waals surface area contributed by atoms with E-state index in [1.807, 2.05) is 59.2 Å². The highest BCUT2D eigenvalue weighted by Gasteiger charge is 2.29. The predicted octanol–water partition coefficient (Wildman–Crippen LogP) is -3.91. The molecule has 0 fully saturated rings. The van der Waals surface area contributed by atoms with Gasteiger partial charge in [0, 0.05) is 58.8 Å². The summed E-state index contributed by atoms with van der Waals surface area (Å²) < 4.78 is 5.67. The molecular formula is C45H14B13N5S. The van der Waals surface area contributed by atoms with Gasteiger partial charge in [-0.2, -0.15) is 9.97 Å². The van der Waals surface area contributed by atoms with Crippen LogP contribution in [0.3, 0.4) is 0 Å². The molecule has 0 aliphatic heterocycles. The van der Waals surface area contributed by atoms with Gasteiger partial charge in [-0.15, -0.1) is 38.7 Å². The molecule has 0 amide bonds. The summed E-state index contributed by atoms with van der Waals surface area (Å²) in [7, 11) is 87.8. The van der Waals surface area contributed by atoms with E-state index in [0.717, 1.165) is 20.2 Å². The Morgan fingerprint density at radius 3 is 1.52 bits per heavy atom. The smallest absolute Gasteiger partial charge is 0.238 e. The number of rotatable bonds is 4. The van der Waals surface area contributed by atoms with Crippen LogP contribution in [0.1, 0.15) is 0 Å². The Labute approximate surface area is 389 Å². The van der Waals surface area contributed by atoms with Gasteiger partial charge in [0.15, 0.2) is 11.6 Å². The lowest BCUT2D eigenvalue weighted by Gasteiger charge is -2.21. The zero-order chi connectivity index (χ0) is 44.8. The first-order chi connectivity index (χ1) is 30.7. The predicted molar refractivity (Wildman–Crippen MR) is 282 cm³/mol. The van der Waals surface area contributed by atoms with Crippen molar-refractivity contribution in [2.75, 3.05) is 0 Å². The number of hydrogen-bond acceptors (Lipinski definition) is 4. The van der Waals surface area contributed by atoms with E-state index < -0.39 is 0 Å². The lowest BCUT2D eigenvalue weighted by Crippen LogP contribution is -2.55. The van der Waals surface area contributed by atoms with Crippen LogP contribution >= 0.6 is 11.3 Å². The minimum atomic E-state index is 0.00737. The third kappa shape index (κ3) is 5.58. The minimum Gasteiger partial charge on any atom is -0.308 e. The molecule has 4 aromatic heterocycles. The molecule has 5 nitrogen and oxygen atoms in total. The van der Waals surface area contributed by atoms with Crippen molar-refractivity contribution in [1.82, 2.24) is 24.1 Å². The van der Waals surface area contributed by atoms with E-state index in [4.69, 9.17) is 117 Å². The summed E-state index contributed by atoms with van der Waals surface area (Å²) in [4.78, 5) is 15.5. The molecule has 4 heterocycles. The third-order valence-corrected chi connectivity index (χ3v) is 13.4. The SMILES string of the molecule is [B]c1cc([B])c2c(c1[B])c1c([B])c([B])c3c4c([B])c([B])cc([B])c4n(-c4nc(-c5c([B])c([B])c([B])c([B])c5[B])nc(-c5cccc6c5sc5ccccc56)n4)c3c1n2-c1ccccc1. The average molecular weight is 797 g/mol. The van der Waals surface area contributed by atoms with Crippen molar-refractivity contribution in [3.05, 3.63) is 84.9 Å². The number of thiophene rings is 1. The van der Waals surface area contributed by atoms with Crippen molar-refractivity contribution in [3.63, 3.8) is 0 Å². The molecule has 26 radical (unpaired) electrons. The van der Waals surface area contributed by atoms with E-state index in [0.29, 0.717) is 60.3 Å². The molecule has 0 saturated carbocycles. The van der Waals surface area contributed by atoms with Crippen LogP contribution < -0.4 is 71.0 Å². The van der Waals surface area contributed by atoms with Crippen LogP contribution in [0.2, 0.25) is 0 Å². The number of benzene rings is 7. The zero-order valence-corrected chi connectivity index (χ0v) is 34.5. The van der Waals surface area contributed by atoms with Crippen LogP contribution in [0.5, 0.6) is 0 Å². The largest absolute Gasteiger partial charge is 0.308 e. The third-order valence-electron chi connectivity index (χ3n) is 12.1. The van der Waals surface area contributed by atoms with Crippen molar-refractivity contribution >= 4 is 248 Å². The van der Waals surface area contributed by atoms with E-state index in [2.05, 4.69) is 18.2 Å². The standard InChI is InChI=1S/C45H14B13N5S/c46-19-13-21(48)38-24(29(19)50)26-31(52)32(53)27-25-30(51)20(47)14-22(49)39(25)63(41(27)40(26)62(38)15-7-2-1-3-8-15)45-60-43(18-11-6-10-17-16-9-4-5-12-23(16)64-42(17)18)59-44(61-45)28-33(54)35(56)37(58)36(57)34(28)55/h1-14H. The molecule has 11 aromatic rings. The molecule has 11 rings (SSSR count). The molecule has 19 heteroatoms. The van der Waals surface area contributed by atoms with Crippen molar-refractivity contribution in [1.29, 1.82) is 0 Å². The topological polar surface area (TPSA) is 48.5 Å². The summed E-state index contributed by atoms with van der Waals surface area (Å²) in [6.07, 6.45) is 0. The van der Waals surface area contributed by atoms with Gasteiger partial charge in [0.25, 0.3) is 0 Å². The number of hydrogen-bond donors (Lipinski definition) is 0. The maximum Gasteiger partial charge on any atom is 0.238 e. The second kappa shape index (κ2) is 14.6. The Kier molecular flexibility index (Phi) is 9.35. The van der Waals surface area contributed by atoms with Crippen molar-refractivity contribution in [2.45, 2.75) is 0 Å². The molecule has 0 spiro atoms. The molecule has 64 heavy (non-hydrogen) atoms. The van der Waals surface area contributed by atoms with Gasteiger partial charge in [-0.1, -0.05) is 104 Å². The summed E-state index contributed by atoms with van der Waals surface area (Å²) in [5.41, 5.74) is 5.09. The van der Waals surface area contributed by atoms with Crippen LogP contribution in [0, 0.1) is 0 Å². The maximum atomic E-state index is 7.19. The van der Waals surface area contributed by atoms with Crippen molar-refractivity contribution in [2.24, 2.45) is 0 Å². The lowest BCUT2D eigenvalue weighted by atomic mass is 9.60. The first-order valence-electron chi connectivity index (χ1n) is 19.7. The van der Waals surface area contributed by atoms with E-state index in [1.165, 1.54) is 0 Å². The van der Waals surface area contributed by atoms with Gasteiger partial charge in [-0.3, -0.25) is 4.57 Å². The van der Waals surface area contributed by atoms with E-state index in [9.17, 15) is 0 Å². The summed E-state index contributed by atoms with van der Waals surface area (Å²) >= 11 is 1.59. The summed E-state index contributed by atoms with van der Waals surface area (Å²) in [5, 5.41) is 3.78. The van der Waals surface area contributed by atoms with Gasteiger partial charge >= 0.3 is 0 Å². The Bertz CT molecular complexity index is 3870. The highest BCUT2D eigenvalue weighted by molar-refractivity contribution is 7.26. The Morgan fingerprint density at radius 1 is 0.391 bits per heavy atom. The number of nitrogens with zero attached hydrogens (tertiary/aromatic N) is 5. The zero-order valence-electron chi connectivity index (χ0n) is 33.7. The second-order valence-electron chi connectivity index (χ2n) is 15.7. The van der Waals surface area contributed by atoms with Gasteiger partial charge in [0.1, 0.15) is 102 Å². The molecule has 7 aromatic carbocycles. The molecule has 0 N–H and O–H groups in total. The molecular weight excluding hydrogens is 783 g/mol. The maximum absolute atomic E-state index is 7.19. The lowest BCUT2D eigenvalue weighted by molar-refractivity contribution is 0.957. The molecule has 0 bridgehead atoms. The Morgan fingerprint density at radius 2 is 0.891 bits per heavy atom. The Hall–Kier alpha value is -5.79. The highest BCUT2D eigenvalue weighted by Crippen LogP contribution is 2.41. The average Bonchev–Trinajstić information content (AvgIpc) is 3.98. The number of fused-ring (bicyclic) bond motifs is 10. The van der Waals surface area contributed by atoms with Crippen LogP contribution in [0.15, 0.2) is 84.9 Å². The summed E-state index contributed by atoms with van der Waals surface area (Å²) in [6.45, 7) is 0. The molecule has 0 saturated heterocycles. The van der Waals surface area contributed by atoms with Gasteiger partial charge in [0.2, 0.25) is 5.95 Å². The van der Waals surface area contributed by atoms with Gasteiger partial charge in [0.05, 0.1) is 11.0 Å². The van der Waals surface area contributed by atoms with Crippen molar-refractivity contribution < 1.29 is 0 Å². The first-order valence-corrected chi connectivity index (χ1v) is 20.5. The minimum absolute atomic E-state index is 0.00737. The fourth-order valence-electron chi connectivity index (χ4n) is 9.12. The van der Waals surface area contributed by atoms with Crippen LogP contribution in [-0.2, 0) is 0 Å². The van der Waals surface area contributed by atoms with E-state index >= 15 is 0 Å². The summed E-state index contributed by atoms with van der Waals surface area (Å²) in [6, 6.07) is 26.7. The molecule has 0 unspecified atom stereocenters. The number of aromatic nitrogens is 5. The fraction of sp³-hybridized carbons (Fsp3) is 0. The number of para-hydroxylation sites is 1. The van der Waals surface area contributed by atoms with Crippen molar-refractivity contribution in [3.8, 4) is 34.4 Å². The quantitative estimate of drug-likeness (QED) is 0.172. The van der Waals surface area contributed by atoms with Crippen LogP contribution in [0.4, 0.5) is 0 Å². The normalized spacial score (nSPS) is 11.9. The van der Waals surface area contributed by atoms with E-state index in [1.54, 1.807) is 28.0 Å². The van der Waals surface area contributed by atoms with Gasteiger partial charge < -0.3 is 4.57 Å². The van der Waals surface area contributed by atoms with Crippen LogP contribution in [0.25, 0.3) is 98.2 Å². The second-order valence-corrected chi connectivity index (χ2v) is 16.7. The van der Waals surface area contributed by atoms with E-state index in [-0.39, 0.29) is 88.7 Å². The molecule has 0 aliphatic rings. The van der Waals surface area contributed by atoms with Gasteiger partial charge in [-0.05, 0) is 35.0 Å². The fourth-order valence-corrected chi connectivity index (χ4v) is 10.3. The first kappa shape index (κ1) is 41.0. The Balaban J connectivity index is 1.41. The van der Waals surface area contributed by atoms with Gasteiger partial charge in [-0.25, -0.2) is 4.98 Å². The van der Waals surface area contributed by atoms with Crippen LogP contribution in [-0.4, -0.2) is 126 Å². The summed E-state index contributed by atoms with van der Waals surface area (Å²) in [5.74, 6) is 0.303. The molecule has 0 aliphatic carbocycles. The monoisotopic (exact) mass is 799 g/mol. The molecule has 264 valence electrons. The molecule has 0 atom stereocenters.